The second kappa shape index (κ2) is 17.5. The summed E-state index contributed by atoms with van der Waals surface area (Å²) in [4.78, 5) is 70.4. The molecule has 0 spiro atoms. The average Bonchev–Trinajstić information content (AvgIpc) is 3.52. The Bertz CT molecular complexity index is 2370. The molecule has 0 radical (unpaired) electrons. The number of piperazine rings is 1. The third-order valence-corrected chi connectivity index (χ3v) is 13.0. The van der Waals surface area contributed by atoms with Crippen molar-refractivity contribution in [3.8, 4) is 22.4 Å². The summed E-state index contributed by atoms with van der Waals surface area (Å²) >= 11 is 6.57. The van der Waals surface area contributed by atoms with Crippen LogP contribution in [0.4, 0.5) is 29.5 Å². The average molecular weight is 891 g/mol. The molecule has 2 saturated heterocycles. The Labute approximate surface area is 370 Å². The fourth-order valence-electron chi connectivity index (χ4n) is 8.78. The van der Waals surface area contributed by atoms with Gasteiger partial charge in [-0.1, -0.05) is 70.5 Å². The fraction of sp³-hybridized carbons (Fsp3) is 0.478. The lowest BCUT2D eigenvalue weighted by molar-refractivity contribution is -0.137. The number of carbonyl (C=O) groups excluding carboxylic acids is 4. The minimum absolute atomic E-state index is 0.0228. The summed E-state index contributed by atoms with van der Waals surface area (Å²) in [6.45, 7) is 15.5. The molecule has 4 heterocycles. The van der Waals surface area contributed by atoms with Gasteiger partial charge in [0.25, 0.3) is 5.91 Å². The van der Waals surface area contributed by atoms with Gasteiger partial charge in [-0.15, -0.1) is 0 Å². The van der Waals surface area contributed by atoms with Crippen molar-refractivity contribution in [1.82, 2.24) is 30.1 Å². The molecule has 7 rings (SSSR count). The van der Waals surface area contributed by atoms with Gasteiger partial charge in [-0.05, 0) is 84.9 Å². The van der Waals surface area contributed by atoms with Gasteiger partial charge in [0.05, 0.1) is 46.9 Å². The molecule has 4 amide bonds. The van der Waals surface area contributed by atoms with E-state index in [2.05, 4.69) is 44.3 Å². The molecule has 2 aromatic heterocycles. The summed E-state index contributed by atoms with van der Waals surface area (Å²) in [6.07, 6.45) is -0.969. The molecule has 3 aliphatic rings. The number of amides is 4. The minimum Gasteiger partial charge on any atom is -0.453 e. The number of alkyl carbamates (subject to hydrolysis) is 1. The van der Waals surface area contributed by atoms with Crippen LogP contribution in [0, 0.1) is 23.2 Å². The molecule has 336 valence electrons. The number of alkyl halides is 3. The van der Waals surface area contributed by atoms with Gasteiger partial charge in [-0.2, -0.15) is 13.2 Å². The first kappa shape index (κ1) is 45.4. The molecule has 0 bridgehead atoms. The van der Waals surface area contributed by atoms with Crippen molar-refractivity contribution < 1.29 is 37.1 Å². The fourth-order valence-corrected chi connectivity index (χ4v) is 8.99. The Morgan fingerprint density at radius 2 is 1.60 bits per heavy atom. The number of carbonyl (C=O) groups is 4. The molecule has 1 aliphatic carbocycles. The van der Waals surface area contributed by atoms with Crippen LogP contribution in [-0.4, -0.2) is 93.4 Å². The number of hydrogen-bond acceptors (Lipinski definition) is 8. The van der Waals surface area contributed by atoms with E-state index in [1.54, 1.807) is 47.5 Å². The quantitative estimate of drug-likeness (QED) is 0.143. The first-order valence-electron chi connectivity index (χ1n) is 21.2. The van der Waals surface area contributed by atoms with Crippen molar-refractivity contribution in [2.45, 2.75) is 91.7 Å². The molecular formula is C46H54ClF3N8O5. The van der Waals surface area contributed by atoms with Gasteiger partial charge >= 0.3 is 12.3 Å². The second-order valence-corrected chi connectivity index (χ2v) is 18.7. The van der Waals surface area contributed by atoms with E-state index in [0.717, 1.165) is 12.5 Å². The third-order valence-electron chi connectivity index (χ3n) is 12.6. The highest BCUT2D eigenvalue weighted by molar-refractivity contribution is 6.34. The van der Waals surface area contributed by atoms with E-state index in [0.29, 0.717) is 49.0 Å². The number of ether oxygens (including phenoxy) is 1. The molecule has 2 aliphatic heterocycles. The highest BCUT2D eigenvalue weighted by Crippen LogP contribution is 2.53. The number of halogens is 4. The highest BCUT2D eigenvalue weighted by atomic mass is 35.5. The van der Waals surface area contributed by atoms with Crippen LogP contribution in [0.25, 0.3) is 22.4 Å². The lowest BCUT2D eigenvalue weighted by Crippen LogP contribution is -2.59. The number of aromatic nitrogens is 3. The van der Waals surface area contributed by atoms with Crippen molar-refractivity contribution in [3.05, 3.63) is 82.9 Å². The predicted octanol–water partition coefficient (Wildman–Crippen LogP) is 8.83. The first-order valence-corrected chi connectivity index (χ1v) is 21.6. The van der Waals surface area contributed by atoms with Crippen LogP contribution in [0.1, 0.15) is 89.1 Å². The summed E-state index contributed by atoms with van der Waals surface area (Å²) in [7, 11) is 1.24. The summed E-state index contributed by atoms with van der Waals surface area (Å²) < 4.78 is 48.7. The van der Waals surface area contributed by atoms with E-state index < -0.39 is 29.8 Å². The molecule has 4 aromatic rings. The largest absolute Gasteiger partial charge is 0.453 e. The molecule has 17 heteroatoms. The Kier molecular flexibility index (Phi) is 12.6. The Morgan fingerprint density at radius 1 is 0.921 bits per heavy atom. The third kappa shape index (κ3) is 9.51. The lowest BCUT2D eigenvalue weighted by atomic mass is 9.97. The van der Waals surface area contributed by atoms with Crippen molar-refractivity contribution >= 4 is 46.9 Å². The number of anilines is 2. The Morgan fingerprint density at radius 3 is 2.21 bits per heavy atom. The lowest BCUT2D eigenvalue weighted by Gasteiger charge is -2.45. The van der Waals surface area contributed by atoms with Gasteiger partial charge < -0.3 is 35.1 Å². The topological polar surface area (TPSA) is 153 Å². The minimum atomic E-state index is -4.79. The van der Waals surface area contributed by atoms with Gasteiger partial charge in [0.1, 0.15) is 17.7 Å². The van der Waals surface area contributed by atoms with Gasteiger partial charge in [-0.25, -0.2) is 14.8 Å². The van der Waals surface area contributed by atoms with Crippen LogP contribution in [0.2, 0.25) is 5.02 Å². The molecule has 1 saturated carbocycles. The van der Waals surface area contributed by atoms with Crippen LogP contribution >= 0.6 is 11.6 Å². The molecule has 3 fully saturated rings. The van der Waals surface area contributed by atoms with E-state index in [1.165, 1.54) is 19.4 Å². The Balaban J connectivity index is 1.04. The summed E-state index contributed by atoms with van der Waals surface area (Å²) in [5, 5.41) is 5.09. The standard InChI is InChI=1S/C46H54ClF3N8O5/c1-24(2)39(55-44(62)63-8)43(61)58-21-25(3)15-37(58)40-52-20-36(53-40)29-11-9-28(10-12-29)31-16-34(47)35(17-32(31)46(48,49)50)54-41(59)30-13-14-38(51-19-30)56-22-27(5)57(23-26(56)4)42(60)33-18-45(33,6)7/h9-14,16-17,19-20,24-27,33,37,39H,15,18,21-23H2,1-8H3,(H,52,53)(H,54,59)(H,55,62). The van der Waals surface area contributed by atoms with Gasteiger partial charge in [0.15, 0.2) is 0 Å². The number of rotatable bonds is 10. The van der Waals surface area contributed by atoms with Gasteiger partial charge in [0, 0.05) is 43.8 Å². The zero-order valence-corrected chi connectivity index (χ0v) is 37.4. The molecule has 6 atom stereocenters. The number of aromatic amines is 1. The first-order chi connectivity index (χ1) is 29.7. The Hall–Kier alpha value is -5.64. The summed E-state index contributed by atoms with van der Waals surface area (Å²) in [5.74, 6) is 0.443. The number of H-pyrrole nitrogens is 1. The summed E-state index contributed by atoms with van der Waals surface area (Å²) in [5.41, 5.74) is 0.294. The molecular weight excluding hydrogens is 837 g/mol. The maximum atomic E-state index is 14.7. The molecule has 3 N–H and O–H groups in total. The number of nitrogens with zero attached hydrogens (tertiary/aromatic N) is 5. The molecule has 6 unspecified atom stereocenters. The normalized spacial score (nSPS) is 22.5. The van der Waals surface area contributed by atoms with Crippen molar-refractivity contribution in [1.29, 1.82) is 0 Å². The monoisotopic (exact) mass is 890 g/mol. The molecule has 2 aromatic carbocycles. The number of hydrogen-bond donors (Lipinski definition) is 3. The number of pyridine rings is 1. The van der Waals surface area contributed by atoms with Crippen molar-refractivity contribution in [2.75, 3.05) is 37.0 Å². The van der Waals surface area contributed by atoms with Crippen LogP contribution < -0.4 is 15.5 Å². The smallest absolute Gasteiger partial charge is 0.417 e. The zero-order chi connectivity index (χ0) is 45.7. The number of nitrogens with one attached hydrogen (secondary N) is 3. The molecule has 13 nitrogen and oxygen atoms in total. The van der Waals surface area contributed by atoms with Crippen LogP contribution in [-0.2, 0) is 20.5 Å². The number of imidazole rings is 1. The maximum Gasteiger partial charge on any atom is 0.417 e. The maximum absolute atomic E-state index is 14.7. The highest BCUT2D eigenvalue weighted by Gasteiger charge is 2.53. The van der Waals surface area contributed by atoms with Crippen LogP contribution in [0.15, 0.2) is 60.9 Å². The van der Waals surface area contributed by atoms with Crippen molar-refractivity contribution in [3.63, 3.8) is 0 Å². The van der Waals surface area contributed by atoms with E-state index in [-0.39, 0.29) is 80.5 Å². The van der Waals surface area contributed by atoms with Gasteiger partial charge in [-0.3, -0.25) is 14.4 Å². The van der Waals surface area contributed by atoms with Crippen molar-refractivity contribution in [2.24, 2.45) is 23.2 Å². The van der Waals surface area contributed by atoms with Gasteiger partial charge in [0.2, 0.25) is 11.8 Å². The van der Waals surface area contributed by atoms with E-state index >= 15 is 0 Å². The van der Waals surface area contributed by atoms with Crippen LogP contribution in [0.3, 0.4) is 0 Å². The summed E-state index contributed by atoms with van der Waals surface area (Å²) in [6, 6.07) is 10.5. The second-order valence-electron chi connectivity index (χ2n) is 18.3. The molecule has 63 heavy (non-hydrogen) atoms. The SMILES string of the molecule is COC(=O)NC(C(=O)N1CC(C)CC1c1ncc(-c2ccc(-c3cc(Cl)c(NC(=O)c4ccc(N5CC(C)N(C(=O)C6CC6(C)C)CC5C)nc4)cc3C(F)(F)F)cc2)[nH]1)C(C)C. The number of benzene rings is 2. The van der Waals surface area contributed by atoms with E-state index in [1.807, 2.05) is 39.5 Å². The number of likely N-dealkylation sites (tertiary alicyclic amines) is 1. The predicted molar refractivity (Wildman–Crippen MR) is 234 cm³/mol. The van der Waals surface area contributed by atoms with E-state index in [4.69, 9.17) is 16.3 Å². The number of methoxy groups -OCH3 is 1. The van der Waals surface area contributed by atoms with Crippen LogP contribution in [0.5, 0.6) is 0 Å². The zero-order valence-electron chi connectivity index (χ0n) is 36.6. The van der Waals surface area contributed by atoms with E-state index in [9.17, 15) is 32.3 Å².